The van der Waals surface area contributed by atoms with E-state index in [-0.39, 0.29) is 12.6 Å². The van der Waals surface area contributed by atoms with E-state index in [4.69, 9.17) is 27.2 Å². The molecule has 0 aromatic heterocycles. The van der Waals surface area contributed by atoms with E-state index in [0.717, 1.165) is 0 Å². The maximum atomic E-state index is 11.2. The van der Waals surface area contributed by atoms with E-state index in [1.807, 2.05) is 0 Å². The molecule has 0 aliphatic carbocycles. The van der Waals surface area contributed by atoms with Crippen LogP contribution in [-0.4, -0.2) is 43.3 Å². The van der Waals surface area contributed by atoms with Crippen molar-refractivity contribution in [2.45, 2.75) is 6.04 Å². The van der Waals surface area contributed by atoms with Crippen molar-refractivity contribution < 1.29 is 19.4 Å². The first kappa shape index (κ1) is 14.6. The van der Waals surface area contributed by atoms with Crippen LogP contribution < -0.4 is 10.6 Å². The van der Waals surface area contributed by atoms with Crippen molar-refractivity contribution in [3.05, 3.63) is 28.8 Å². The Labute approximate surface area is 121 Å². The molecule has 20 heavy (non-hydrogen) atoms. The first-order valence-corrected chi connectivity index (χ1v) is 6.42. The van der Waals surface area contributed by atoms with Crippen LogP contribution in [0, 0.1) is 5.92 Å². The van der Waals surface area contributed by atoms with Crippen molar-refractivity contribution in [1.29, 1.82) is 0 Å². The van der Waals surface area contributed by atoms with Gasteiger partial charge in [-0.15, -0.1) is 0 Å². The number of amides is 1. The van der Waals surface area contributed by atoms with E-state index in [1.165, 1.54) is 6.07 Å². The van der Waals surface area contributed by atoms with Crippen LogP contribution in [0.4, 0.5) is 5.69 Å². The maximum absolute atomic E-state index is 11.2. The number of halogens is 1. The highest BCUT2D eigenvalue weighted by Gasteiger charge is 2.37. The van der Waals surface area contributed by atoms with Crippen molar-refractivity contribution in [2.75, 3.05) is 25.2 Å². The van der Waals surface area contributed by atoms with Crippen molar-refractivity contribution in [3.8, 4) is 0 Å². The number of nitrogens with two attached hydrogens (primary N) is 1. The summed E-state index contributed by atoms with van der Waals surface area (Å²) in [5, 5.41) is 9.51. The van der Waals surface area contributed by atoms with Crippen molar-refractivity contribution >= 4 is 29.2 Å². The molecule has 6 nitrogen and oxygen atoms in total. The third-order valence-electron chi connectivity index (χ3n) is 3.48. The number of hydrogen-bond acceptors (Lipinski definition) is 4. The van der Waals surface area contributed by atoms with E-state index in [2.05, 4.69) is 0 Å². The fourth-order valence-corrected chi connectivity index (χ4v) is 2.60. The monoisotopic (exact) mass is 298 g/mol. The first-order chi connectivity index (χ1) is 9.41. The van der Waals surface area contributed by atoms with Gasteiger partial charge in [0, 0.05) is 12.6 Å². The van der Waals surface area contributed by atoms with Gasteiger partial charge in [-0.05, 0) is 18.2 Å². The molecule has 0 bridgehead atoms. The number of rotatable bonds is 4. The Morgan fingerprint density at radius 2 is 2.15 bits per heavy atom. The first-order valence-electron chi connectivity index (χ1n) is 6.04. The summed E-state index contributed by atoms with van der Waals surface area (Å²) in [5.41, 5.74) is 6.13. The molecule has 1 aromatic carbocycles. The van der Waals surface area contributed by atoms with Gasteiger partial charge < -0.3 is 20.5 Å². The quantitative estimate of drug-likeness (QED) is 0.864. The van der Waals surface area contributed by atoms with Crippen LogP contribution in [0.3, 0.4) is 0 Å². The van der Waals surface area contributed by atoms with Crippen LogP contribution in [-0.2, 0) is 9.53 Å². The average Bonchev–Trinajstić information content (AvgIpc) is 2.87. The molecule has 1 aliphatic rings. The second kappa shape index (κ2) is 5.68. The summed E-state index contributed by atoms with van der Waals surface area (Å²) >= 11 is 6.14. The topological polar surface area (TPSA) is 92.9 Å². The number of benzene rings is 1. The van der Waals surface area contributed by atoms with Gasteiger partial charge in [0.1, 0.15) is 5.92 Å². The third kappa shape index (κ3) is 2.71. The highest BCUT2D eigenvalue weighted by atomic mass is 35.5. The molecule has 108 valence electrons. The fraction of sp³-hybridized carbons (Fsp3) is 0.385. The highest BCUT2D eigenvalue weighted by Crippen LogP contribution is 2.31. The van der Waals surface area contributed by atoms with Gasteiger partial charge in [-0.25, -0.2) is 0 Å². The summed E-state index contributed by atoms with van der Waals surface area (Å²) < 4.78 is 5.24. The molecule has 2 unspecified atom stereocenters. The summed E-state index contributed by atoms with van der Waals surface area (Å²) in [7, 11) is 1.75. The van der Waals surface area contributed by atoms with Crippen molar-refractivity contribution in [3.63, 3.8) is 0 Å². The van der Waals surface area contributed by atoms with Crippen LogP contribution in [0.15, 0.2) is 18.2 Å². The minimum Gasteiger partial charge on any atom is -0.481 e. The number of aliphatic carboxylic acids is 1. The number of hydrogen-bond donors (Lipinski definition) is 2. The zero-order valence-corrected chi connectivity index (χ0v) is 11.6. The predicted octanol–water partition coefficient (Wildman–Crippen LogP) is 0.975. The lowest BCUT2D eigenvalue weighted by molar-refractivity contribution is -0.141. The molecule has 1 saturated heterocycles. The van der Waals surface area contributed by atoms with E-state index in [9.17, 15) is 9.59 Å². The van der Waals surface area contributed by atoms with Gasteiger partial charge in [0.05, 0.1) is 30.0 Å². The zero-order valence-electron chi connectivity index (χ0n) is 10.9. The Morgan fingerprint density at radius 1 is 1.45 bits per heavy atom. The average molecular weight is 299 g/mol. The molecule has 0 saturated carbocycles. The van der Waals surface area contributed by atoms with Crippen LogP contribution in [0.25, 0.3) is 0 Å². The molecule has 2 rings (SSSR count). The molecular weight excluding hydrogens is 284 g/mol. The number of carbonyl (C=O) groups excluding carboxylic acids is 1. The number of nitrogens with zero attached hydrogens (tertiary/aromatic N) is 1. The standard InChI is InChI=1S/C13H15ClN2O4/c1-16(11-6-20-5-8(11)13(18)19)10-3-2-7(12(15)17)4-9(10)14/h2-4,8,11H,5-6H2,1H3,(H2,15,17)(H,18,19). The largest absolute Gasteiger partial charge is 0.481 e. The predicted molar refractivity (Wildman–Crippen MR) is 74.1 cm³/mol. The van der Waals surface area contributed by atoms with Gasteiger partial charge in [-0.1, -0.05) is 11.6 Å². The summed E-state index contributed by atoms with van der Waals surface area (Å²) in [6.07, 6.45) is 0. The Balaban J connectivity index is 2.27. The second-order valence-corrected chi connectivity index (χ2v) is 5.10. The Kier molecular flexibility index (Phi) is 4.15. The number of likely N-dealkylation sites (N-methyl/N-ethyl adjacent to an activating group) is 1. The third-order valence-corrected chi connectivity index (χ3v) is 3.78. The molecule has 2 atom stereocenters. The molecular formula is C13H15ClN2O4. The summed E-state index contributed by atoms with van der Waals surface area (Å²) in [4.78, 5) is 24.0. The Bertz CT molecular complexity index is 549. The lowest BCUT2D eigenvalue weighted by Gasteiger charge is -2.29. The normalized spacial score (nSPS) is 21.7. The number of anilines is 1. The van der Waals surface area contributed by atoms with Crippen molar-refractivity contribution in [1.82, 2.24) is 0 Å². The lowest BCUT2D eigenvalue weighted by Crippen LogP contribution is -2.41. The molecule has 0 radical (unpaired) electrons. The van der Waals surface area contributed by atoms with Gasteiger partial charge in [-0.2, -0.15) is 0 Å². The van der Waals surface area contributed by atoms with Crippen LogP contribution in [0.1, 0.15) is 10.4 Å². The van der Waals surface area contributed by atoms with Gasteiger partial charge in [-0.3, -0.25) is 9.59 Å². The molecule has 7 heteroatoms. The molecule has 1 amide bonds. The highest BCUT2D eigenvalue weighted by molar-refractivity contribution is 6.33. The summed E-state index contributed by atoms with van der Waals surface area (Å²) in [6, 6.07) is 4.39. The van der Waals surface area contributed by atoms with Crippen LogP contribution in [0.5, 0.6) is 0 Å². The minimum atomic E-state index is -0.899. The van der Waals surface area contributed by atoms with E-state index >= 15 is 0 Å². The molecule has 0 spiro atoms. The van der Waals surface area contributed by atoms with Crippen molar-refractivity contribution in [2.24, 2.45) is 11.7 Å². The van der Waals surface area contributed by atoms with E-state index in [1.54, 1.807) is 24.1 Å². The molecule has 1 heterocycles. The fourth-order valence-electron chi connectivity index (χ4n) is 2.29. The lowest BCUT2D eigenvalue weighted by atomic mass is 10.0. The number of ether oxygens (including phenoxy) is 1. The minimum absolute atomic E-state index is 0.182. The molecule has 1 aromatic rings. The number of carboxylic acid groups (broad SMARTS) is 1. The molecule has 1 fully saturated rings. The van der Waals surface area contributed by atoms with Gasteiger partial charge in [0.25, 0.3) is 0 Å². The van der Waals surface area contributed by atoms with Gasteiger partial charge in [0.2, 0.25) is 5.91 Å². The number of carboxylic acids is 1. The Hall–Kier alpha value is -1.79. The number of primary amides is 1. The molecule has 1 aliphatic heterocycles. The summed E-state index contributed by atoms with van der Waals surface area (Å²) in [5.74, 6) is -2.06. The smallest absolute Gasteiger partial charge is 0.311 e. The second-order valence-electron chi connectivity index (χ2n) is 4.69. The molecule has 3 N–H and O–H groups in total. The van der Waals surface area contributed by atoms with Gasteiger partial charge in [0.15, 0.2) is 0 Å². The van der Waals surface area contributed by atoms with Crippen LogP contribution in [0.2, 0.25) is 5.02 Å². The number of carbonyl (C=O) groups is 2. The Morgan fingerprint density at radius 3 is 2.70 bits per heavy atom. The zero-order chi connectivity index (χ0) is 14.9. The van der Waals surface area contributed by atoms with Gasteiger partial charge >= 0.3 is 5.97 Å². The van der Waals surface area contributed by atoms with Crippen LogP contribution >= 0.6 is 11.6 Å². The van der Waals surface area contributed by atoms with E-state index < -0.39 is 17.8 Å². The summed E-state index contributed by atoms with van der Waals surface area (Å²) in [6.45, 7) is 0.503. The maximum Gasteiger partial charge on any atom is 0.311 e. The SMILES string of the molecule is CN(c1ccc(C(N)=O)cc1Cl)C1COCC1C(=O)O. The van der Waals surface area contributed by atoms with E-state index in [0.29, 0.717) is 22.9 Å².